The van der Waals surface area contributed by atoms with Gasteiger partial charge in [0, 0.05) is 49.3 Å². The topological polar surface area (TPSA) is 54.8 Å². The van der Waals surface area contributed by atoms with E-state index in [4.69, 9.17) is 14.4 Å². The van der Waals surface area contributed by atoms with Crippen molar-refractivity contribution in [3.8, 4) is 5.69 Å². The van der Waals surface area contributed by atoms with Crippen LogP contribution in [-0.2, 0) is 0 Å². The first-order chi connectivity index (χ1) is 29.8. The minimum absolute atomic E-state index is 0.433. The average Bonchev–Trinajstić information content (AvgIpc) is 3.95. The van der Waals surface area contributed by atoms with Gasteiger partial charge in [0.05, 0.1) is 11.0 Å². The van der Waals surface area contributed by atoms with Crippen LogP contribution in [-0.4, -0.2) is 16.2 Å². The minimum atomic E-state index is -0.433. The molecule has 60 heavy (non-hydrogen) atoms. The van der Waals surface area contributed by atoms with Crippen LogP contribution in [0.15, 0.2) is 196 Å². The van der Waals surface area contributed by atoms with Crippen LogP contribution >= 0.6 is 0 Å². The van der Waals surface area contributed by atoms with Crippen molar-refractivity contribution in [1.82, 2.24) is 9.88 Å². The number of nitrogens with one attached hydrogen (secondary N) is 1. The fourth-order valence-electron chi connectivity index (χ4n) is 10.4. The predicted molar refractivity (Wildman–Crippen MR) is 250 cm³/mol. The third-order valence-corrected chi connectivity index (χ3v) is 12.9. The normalized spacial score (nSPS) is 14.8. The molecule has 13 aromatic rings. The van der Waals surface area contributed by atoms with Crippen LogP contribution in [0.4, 0.5) is 0 Å². The zero-order valence-corrected chi connectivity index (χ0v) is 32.1. The number of aromatic nitrogens is 1. The van der Waals surface area contributed by atoms with Crippen molar-refractivity contribution in [2.24, 2.45) is 9.98 Å². The molecule has 5 nitrogen and oxygen atoms in total. The van der Waals surface area contributed by atoms with Gasteiger partial charge < -0.3 is 14.3 Å². The number of aliphatic imine (C=N–C) groups is 2. The van der Waals surface area contributed by atoms with Gasteiger partial charge >= 0.3 is 0 Å². The van der Waals surface area contributed by atoms with Crippen molar-refractivity contribution in [2.75, 3.05) is 0 Å². The molecular formula is C55H32N4O. The summed E-state index contributed by atoms with van der Waals surface area (Å²) < 4.78 is 9.01. The molecule has 0 radical (unpaired) electrons. The largest absolute Gasteiger partial charge is 0.456 e. The first-order valence-electron chi connectivity index (χ1n) is 20.5. The molecule has 3 heterocycles. The van der Waals surface area contributed by atoms with Gasteiger partial charge in [-0.05, 0) is 78.8 Å². The monoisotopic (exact) mass is 764 g/mol. The molecule has 0 spiro atoms. The summed E-state index contributed by atoms with van der Waals surface area (Å²) in [5, 5.41) is 21.5. The van der Waals surface area contributed by atoms with Crippen LogP contribution in [0.1, 0.15) is 22.9 Å². The number of fused-ring (bicyclic) bond motifs is 9. The van der Waals surface area contributed by atoms with Crippen molar-refractivity contribution >= 4 is 109 Å². The lowest BCUT2D eigenvalue weighted by molar-refractivity contribution is 0.628. The van der Waals surface area contributed by atoms with Crippen LogP contribution < -0.4 is 5.32 Å². The molecule has 1 atom stereocenters. The summed E-state index contributed by atoms with van der Waals surface area (Å²) in [6.45, 7) is 0. The van der Waals surface area contributed by atoms with E-state index in [1.807, 2.05) is 30.3 Å². The molecular weight excluding hydrogens is 733 g/mol. The van der Waals surface area contributed by atoms with Crippen molar-refractivity contribution in [1.29, 1.82) is 0 Å². The van der Waals surface area contributed by atoms with E-state index in [9.17, 15) is 0 Å². The van der Waals surface area contributed by atoms with Gasteiger partial charge in [0.1, 0.15) is 17.0 Å². The zero-order chi connectivity index (χ0) is 39.1. The molecule has 2 aromatic heterocycles. The van der Waals surface area contributed by atoms with Gasteiger partial charge in [-0.2, -0.15) is 0 Å². The first kappa shape index (κ1) is 32.0. The van der Waals surface area contributed by atoms with E-state index in [0.717, 1.165) is 50.2 Å². The van der Waals surface area contributed by atoms with E-state index in [0.29, 0.717) is 5.84 Å². The fraction of sp³-hybridized carbons (Fsp3) is 0.0182. The highest BCUT2D eigenvalue weighted by Crippen LogP contribution is 2.50. The van der Waals surface area contributed by atoms with Crippen molar-refractivity contribution in [2.45, 2.75) is 6.17 Å². The van der Waals surface area contributed by atoms with E-state index >= 15 is 0 Å². The number of hydrogen-bond donors (Lipinski definition) is 1. The summed E-state index contributed by atoms with van der Waals surface area (Å²) in [5.74, 6) is 1.43. The van der Waals surface area contributed by atoms with Crippen molar-refractivity contribution in [3.05, 3.63) is 199 Å². The molecule has 278 valence electrons. The third kappa shape index (κ3) is 4.25. The number of hydrogen-bond acceptors (Lipinski definition) is 4. The van der Waals surface area contributed by atoms with E-state index in [1.54, 1.807) is 0 Å². The molecule has 0 saturated heterocycles. The molecule has 5 heteroatoms. The molecule has 0 bridgehead atoms. The Labute approximate surface area is 342 Å². The lowest BCUT2D eigenvalue weighted by Crippen LogP contribution is -2.33. The zero-order valence-electron chi connectivity index (χ0n) is 32.1. The molecule has 14 rings (SSSR count). The van der Waals surface area contributed by atoms with Crippen LogP contribution in [0, 0.1) is 0 Å². The lowest BCUT2D eigenvalue weighted by Gasteiger charge is -2.24. The smallest absolute Gasteiger partial charge is 0.159 e. The number of amidine groups is 2. The Morgan fingerprint density at radius 3 is 1.85 bits per heavy atom. The average molecular weight is 765 g/mol. The molecule has 11 aromatic carbocycles. The predicted octanol–water partition coefficient (Wildman–Crippen LogP) is 13.8. The number of benzene rings is 9. The fourth-order valence-corrected chi connectivity index (χ4v) is 10.4. The molecule has 0 fully saturated rings. The van der Waals surface area contributed by atoms with Gasteiger partial charge in [0.2, 0.25) is 0 Å². The van der Waals surface area contributed by atoms with Crippen LogP contribution in [0.3, 0.4) is 0 Å². The molecule has 1 unspecified atom stereocenters. The Hall–Kier alpha value is -8.02. The number of para-hydroxylation sites is 2. The first-order valence-corrected chi connectivity index (χ1v) is 20.5. The molecule has 1 aliphatic rings. The summed E-state index contributed by atoms with van der Waals surface area (Å²) in [6, 6.07) is 65.4. The van der Waals surface area contributed by atoms with Gasteiger partial charge in [0.15, 0.2) is 12.0 Å². The highest BCUT2D eigenvalue weighted by atomic mass is 16.3. The van der Waals surface area contributed by atoms with E-state index in [-0.39, 0.29) is 0 Å². The highest BCUT2D eigenvalue weighted by molar-refractivity contribution is 6.44. The van der Waals surface area contributed by atoms with Gasteiger partial charge in [-0.3, -0.25) is 0 Å². The van der Waals surface area contributed by atoms with Crippen molar-refractivity contribution < 1.29 is 4.42 Å². The second-order valence-corrected chi connectivity index (χ2v) is 16.1. The third-order valence-electron chi connectivity index (χ3n) is 12.9. The van der Waals surface area contributed by atoms with Crippen LogP contribution in [0.25, 0.3) is 103 Å². The molecule has 0 aliphatic carbocycles. The Morgan fingerprint density at radius 1 is 0.433 bits per heavy atom. The Balaban J connectivity index is 1.02. The molecule has 1 aliphatic heterocycles. The summed E-state index contributed by atoms with van der Waals surface area (Å²) in [7, 11) is 0. The van der Waals surface area contributed by atoms with E-state index in [2.05, 4.69) is 162 Å². The number of nitrogens with zero attached hydrogens (tertiary/aromatic N) is 3. The van der Waals surface area contributed by atoms with Crippen LogP contribution in [0.5, 0.6) is 0 Å². The van der Waals surface area contributed by atoms with Gasteiger partial charge in [0.25, 0.3) is 0 Å². The summed E-state index contributed by atoms with van der Waals surface area (Å²) in [6.07, 6.45) is -0.433. The van der Waals surface area contributed by atoms with Gasteiger partial charge in [-0.1, -0.05) is 152 Å². The van der Waals surface area contributed by atoms with E-state index < -0.39 is 6.17 Å². The minimum Gasteiger partial charge on any atom is -0.456 e. The number of rotatable bonds is 4. The quantitative estimate of drug-likeness (QED) is 0.194. The van der Waals surface area contributed by atoms with Crippen molar-refractivity contribution in [3.63, 3.8) is 0 Å². The lowest BCUT2D eigenvalue weighted by atomic mass is 9.97. The van der Waals surface area contributed by atoms with Gasteiger partial charge in [-0.15, -0.1) is 0 Å². The Morgan fingerprint density at radius 2 is 1.05 bits per heavy atom. The maximum absolute atomic E-state index is 6.54. The molecule has 0 saturated carbocycles. The SMILES string of the molecule is c1ccc(C2=NC(c3cccc4c3oc3ccccc34)NC(c3cccc(-n4c5cccc6c7ccccc7c7ccc8c9ccccc9c9cc4c(c7c89)c65)c3)=N2)cc1. The second-order valence-electron chi connectivity index (χ2n) is 16.1. The number of furan rings is 1. The molecule has 1 N–H and O–H groups in total. The standard InChI is InChI=1S/C55H32N4O/c1-2-13-31(14-3-1)53-56-54(58-55(57-53)43-24-11-23-42-38-21-8-9-26-47(38)60-52(42)43)32-15-10-16-33(29-32)59-45-25-12-22-39-34-17-4-5-18-35(34)41-28-27-40-36-19-6-7-20-37(36)44-30-46(59)51(49(39)45)50(41)48(40)44/h1-30,55H,(H,56,57,58). The summed E-state index contributed by atoms with van der Waals surface area (Å²) in [5.41, 5.74) is 8.03. The summed E-state index contributed by atoms with van der Waals surface area (Å²) >= 11 is 0. The summed E-state index contributed by atoms with van der Waals surface area (Å²) in [4.78, 5) is 10.5. The molecule has 0 amide bonds. The maximum atomic E-state index is 6.54. The van der Waals surface area contributed by atoms with Crippen LogP contribution in [0.2, 0.25) is 0 Å². The maximum Gasteiger partial charge on any atom is 0.159 e. The van der Waals surface area contributed by atoms with E-state index in [1.165, 1.54) is 75.7 Å². The second kappa shape index (κ2) is 11.8. The highest BCUT2D eigenvalue weighted by Gasteiger charge is 2.27. The van der Waals surface area contributed by atoms with Gasteiger partial charge in [-0.25, -0.2) is 9.98 Å². The Kier molecular flexibility index (Phi) is 6.28. The Bertz CT molecular complexity index is 3980.